The summed E-state index contributed by atoms with van der Waals surface area (Å²) in [5.74, 6) is 0.433. The molecule has 100 valence electrons. The normalized spacial score (nSPS) is 12.2. The van der Waals surface area contributed by atoms with Crippen molar-refractivity contribution in [3.63, 3.8) is 0 Å². The Kier molecular flexibility index (Phi) is 8.53. The zero-order valence-corrected chi connectivity index (χ0v) is 11.9. The van der Waals surface area contributed by atoms with Crippen LogP contribution in [0.4, 0.5) is 5.82 Å². The zero-order valence-electron chi connectivity index (χ0n) is 10.3. The van der Waals surface area contributed by atoms with Crippen molar-refractivity contribution < 1.29 is 5.11 Å². The Bertz CT molecular complexity index is 329. The van der Waals surface area contributed by atoms with Crippen LogP contribution < -0.4 is 11.1 Å². The molecule has 1 aromatic heterocycles. The van der Waals surface area contributed by atoms with Crippen LogP contribution in [0.25, 0.3) is 0 Å². The number of nitrogens with zero attached hydrogens (tertiary/aromatic N) is 1. The highest BCUT2D eigenvalue weighted by Crippen LogP contribution is 2.14. The smallest absolute Gasteiger partial charge is 0.123 e. The van der Waals surface area contributed by atoms with E-state index in [0.717, 1.165) is 5.56 Å². The Morgan fingerprint density at radius 3 is 2.47 bits per heavy atom. The molecular formula is C11H21Cl2N3O. The minimum absolute atomic E-state index is 0. The van der Waals surface area contributed by atoms with Crippen molar-refractivity contribution in [2.24, 2.45) is 0 Å². The van der Waals surface area contributed by atoms with E-state index >= 15 is 0 Å². The highest BCUT2D eigenvalue weighted by atomic mass is 35.5. The molecule has 1 rings (SSSR count). The minimum atomic E-state index is -0.547. The van der Waals surface area contributed by atoms with E-state index in [1.165, 1.54) is 0 Å². The van der Waals surface area contributed by atoms with Gasteiger partial charge in [0.25, 0.3) is 0 Å². The van der Waals surface area contributed by atoms with E-state index in [0.29, 0.717) is 12.4 Å². The van der Waals surface area contributed by atoms with Crippen LogP contribution in [0.15, 0.2) is 18.3 Å². The molecule has 0 aliphatic heterocycles. The molecule has 0 bridgehead atoms. The molecular weight excluding hydrogens is 261 g/mol. The van der Waals surface area contributed by atoms with Crippen LogP contribution in [-0.4, -0.2) is 22.2 Å². The Labute approximate surface area is 115 Å². The van der Waals surface area contributed by atoms with Crippen molar-refractivity contribution in [1.82, 2.24) is 10.3 Å². The van der Waals surface area contributed by atoms with Gasteiger partial charge in [-0.25, -0.2) is 4.98 Å². The number of rotatable bonds is 3. The summed E-state index contributed by atoms with van der Waals surface area (Å²) in [6.45, 7) is 6.68. The third-order valence-electron chi connectivity index (χ3n) is 2.02. The van der Waals surface area contributed by atoms with Crippen LogP contribution in [0.1, 0.15) is 32.4 Å². The molecule has 1 atom stereocenters. The van der Waals surface area contributed by atoms with Crippen molar-refractivity contribution >= 4 is 30.6 Å². The largest absolute Gasteiger partial charge is 0.387 e. The van der Waals surface area contributed by atoms with Crippen molar-refractivity contribution in [1.29, 1.82) is 0 Å². The molecule has 17 heavy (non-hydrogen) atoms. The first-order valence-electron chi connectivity index (χ1n) is 5.03. The van der Waals surface area contributed by atoms with Gasteiger partial charge in [-0.05, 0) is 38.5 Å². The van der Waals surface area contributed by atoms with Gasteiger partial charge in [-0.1, -0.05) is 0 Å². The molecule has 1 heterocycles. The standard InChI is InChI=1S/C11H19N3O.2ClH/c1-11(2,3)14-7-9(15)8-4-5-13-10(12)6-8;;/h4-6,9,14-15H,7H2,1-3H3,(H2,12,13);2*1H/t9-;;/m0../s1. The summed E-state index contributed by atoms with van der Waals surface area (Å²) >= 11 is 0. The molecule has 0 aromatic carbocycles. The van der Waals surface area contributed by atoms with Gasteiger partial charge in [0.2, 0.25) is 0 Å². The quantitative estimate of drug-likeness (QED) is 0.792. The van der Waals surface area contributed by atoms with E-state index in [9.17, 15) is 5.11 Å². The molecule has 0 aliphatic rings. The summed E-state index contributed by atoms with van der Waals surface area (Å²) in [5, 5.41) is 13.1. The highest BCUT2D eigenvalue weighted by Gasteiger charge is 2.13. The molecule has 0 spiro atoms. The average molecular weight is 282 g/mol. The lowest BCUT2D eigenvalue weighted by Crippen LogP contribution is -2.38. The lowest BCUT2D eigenvalue weighted by molar-refractivity contribution is 0.163. The van der Waals surface area contributed by atoms with Gasteiger partial charge in [0, 0.05) is 18.3 Å². The number of aliphatic hydroxyl groups is 1. The first-order valence-corrected chi connectivity index (χ1v) is 5.03. The third-order valence-corrected chi connectivity index (χ3v) is 2.02. The Balaban J connectivity index is 0. The molecule has 1 aromatic rings. The average Bonchev–Trinajstić information content (AvgIpc) is 2.13. The highest BCUT2D eigenvalue weighted by molar-refractivity contribution is 5.85. The molecule has 0 radical (unpaired) electrons. The predicted molar refractivity (Wildman–Crippen MR) is 75.9 cm³/mol. The number of pyridine rings is 1. The molecule has 4 N–H and O–H groups in total. The van der Waals surface area contributed by atoms with Gasteiger partial charge < -0.3 is 16.2 Å². The molecule has 0 saturated carbocycles. The number of halogens is 2. The minimum Gasteiger partial charge on any atom is -0.387 e. The van der Waals surface area contributed by atoms with Crippen molar-refractivity contribution in [3.8, 4) is 0 Å². The summed E-state index contributed by atoms with van der Waals surface area (Å²) < 4.78 is 0. The molecule has 0 aliphatic carbocycles. The summed E-state index contributed by atoms with van der Waals surface area (Å²) in [7, 11) is 0. The van der Waals surface area contributed by atoms with Crippen LogP contribution >= 0.6 is 24.8 Å². The molecule has 0 saturated heterocycles. The van der Waals surface area contributed by atoms with Gasteiger partial charge in [-0.2, -0.15) is 0 Å². The van der Waals surface area contributed by atoms with Gasteiger partial charge in [-0.15, -0.1) is 24.8 Å². The van der Waals surface area contributed by atoms with E-state index in [1.807, 2.05) is 0 Å². The number of β-amino-alcohol motifs (C(OH)–C–C–N with tert-alkyl or cyclic N) is 1. The van der Waals surface area contributed by atoms with Crippen LogP contribution in [0.3, 0.4) is 0 Å². The maximum absolute atomic E-state index is 9.86. The van der Waals surface area contributed by atoms with Gasteiger partial charge in [0.05, 0.1) is 6.10 Å². The van der Waals surface area contributed by atoms with Crippen LogP contribution in [0, 0.1) is 0 Å². The fourth-order valence-corrected chi connectivity index (χ4v) is 1.19. The summed E-state index contributed by atoms with van der Waals surface area (Å²) in [5.41, 5.74) is 6.33. The second-order valence-electron chi connectivity index (χ2n) is 4.66. The van der Waals surface area contributed by atoms with Crippen molar-refractivity contribution in [2.75, 3.05) is 12.3 Å². The van der Waals surface area contributed by atoms with Crippen LogP contribution in [0.5, 0.6) is 0 Å². The number of nitrogen functional groups attached to an aromatic ring is 1. The third kappa shape index (κ3) is 7.39. The number of nitrogens with one attached hydrogen (secondary N) is 1. The summed E-state index contributed by atoms with van der Waals surface area (Å²) in [6.07, 6.45) is 1.06. The monoisotopic (exact) mass is 281 g/mol. The van der Waals surface area contributed by atoms with Crippen molar-refractivity contribution in [3.05, 3.63) is 23.9 Å². The number of anilines is 1. The first kappa shape index (κ1) is 18.8. The number of hydrogen-bond donors (Lipinski definition) is 3. The lowest BCUT2D eigenvalue weighted by atomic mass is 10.1. The molecule has 0 unspecified atom stereocenters. The topological polar surface area (TPSA) is 71.2 Å². The van der Waals surface area contributed by atoms with Crippen LogP contribution in [-0.2, 0) is 0 Å². The number of aliphatic hydroxyl groups excluding tert-OH is 1. The predicted octanol–water partition coefficient (Wildman–Crippen LogP) is 1.93. The Morgan fingerprint density at radius 2 is 2.00 bits per heavy atom. The second-order valence-corrected chi connectivity index (χ2v) is 4.66. The first-order chi connectivity index (χ1) is 6.88. The molecule has 6 heteroatoms. The summed E-state index contributed by atoms with van der Waals surface area (Å²) in [6, 6.07) is 3.46. The van der Waals surface area contributed by atoms with E-state index in [-0.39, 0.29) is 30.4 Å². The Morgan fingerprint density at radius 1 is 1.41 bits per heavy atom. The van der Waals surface area contributed by atoms with E-state index in [1.54, 1.807) is 18.3 Å². The van der Waals surface area contributed by atoms with Gasteiger partial charge >= 0.3 is 0 Å². The Hall–Kier alpha value is -0.550. The van der Waals surface area contributed by atoms with E-state index in [4.69, 9.17) is 5.73 Å². The molecule has 0 fully saturated rings. The molecule has 0 amide bonds. The van der Waals surface area contributed by atoms with Gasteiger partial charge in [0.1, 0.15) is 5.82 Å². The number of hydrogen-bond acceptors (Lipinski definition) is 4. The van der Waals surface area contributed by atoms with Crippen LogP contribution in [0.2, 0.25) is 0 Å². The molecule has 4 nitrogen and oxygen atoms in total. The maximum Gasteiger partial charge on any atom is 0.123 e. The van der Waals surface area contributed by atoms with E-state index < -0.39 is 6.10 Å². The fraction of sp³-hybridized carbons (Fsp3) is 0.545. The second kappa shape index (κ2) is 7.71. The fourth-order valence-electron chi connectivity index (χ4n) is 1.19. The maximum atomic E-state index is 9.86. The van der Waals surface area contributed by atoms with Crippen molar-refractivity contribution in [2.45, 2.75) is 32.4 Å². The lowest BCUT2D eigenvalue weighted by Gasteiger charge is -2.23. The zero-order chi connectivity index (χ0) is 11.5. The summed E-state index contributed by atoms with van der Waals surface area (Å²) in [4.78, 5) is 3.88. The number of aromatic nitrogens is 1. The number of nitrogens with two attached hydrogens (primary N) is 1. The van der Waals surface area contributed by atoms with E-state index in [2.05, 4.69) is 31.1 Å². The SMILES string of the molecule is CC(C)(C)NC[C@H](O)c1ccnc(N)c1.Cl.Cl. The van der Waals surface area contributed by atoms with Gasteiger partial charge in [0.15, 0.2) is 0 Å². The van der Waals surface area contributed by atoms with Gasteiger partial charge in [-0.3, -0.25) is 0 Å².